The molecular weight excluding hydrogens is 220 g/mol. The third-order valence-electron chi connectivity index (χ3n) is 2.98. The number of thioether (sulfide) groups is 1. The van der Waals surface area contributed by atoms with Crippen molar-refractivity contribution in [2.24, 2.45) is 11.7 Å². The van der Waals surface area contributed by atoms with Gasteiger partial charge in [-0.15, -0.1) is 0 Å². The van der Waals surface area contributed by atoms with Gasteiger partial charge in [0, 0.05) is 19.3 Å². The van der Waals surface area contributed by atoms with Crippen LogP contribution in [0.3, 0.4) is 0 Å². The fraction of sp³-hybridized carbons (Fsp3) is 0.636. The van der Waals surface area contributed by atoms with Gasteiger partial charge in [-0.1, -0.05) is 11.8 Å². The van der Waals surface area contributed by atoms with E-state index in [1.54, 1.807) is 11.8 Å². The quantitative estimate of drug-likeness (QED) is 0.637. The van der Waals surface area contributed by atoms with Crippen molar-refractivity contribution in [3.8, 4) is 0 Å². The molecule has 5 heteroatoms. The van der Waals surface area contributed by atoms with E-state index in [1.807, 2.05) is 18.5 Å². The maximum absolute atomic E-state index is 5.74. The molecule has 1 saturated heterocycles. The summed E-state index contributed by atoms with van der Waals surface area (Å²) < 4.78 is 0. The molecule has 0 radical (unpaired) electrons. The number of hydrogen-bond acceptors (Lipinski definition) is 5. The van der Waals surface area contributed by atoms with Crippen LogP contribution in [0.15, 0.2) is 17.4 Å². The molecule has 4 nitrogen and oxygen atoms in total. The Morgan fingerprint density at radius 3 is 3.25 bits per heavy atom. The van der Waals surface area contributed by atoms with Crippen LogP contribution in [0.1, 0.15) is 12.8 Å². The number of piperidine rings is 1. The van der Waals surface area contributed by atoms with Crippen molar-refractivity contribution in [3.05, 3.63) is 12.3 Å². The van der Waals surface area contributed by atoms with Gasteiger partial charge in [-0.05, 0) is 37.6 Å². The van der Waals surface area contributed by atoms with Crippen molar-refractivity contribution < 1.29 is 0 Å². The minimum Gasteiger partial charge on any atom is -0.356 e. The molecule has 0 bridgehead atoms. The van der Waals surface area contributed by atoms with E-state index >= 15 is 0 Å². The van der Waals surface area contributed by atoms with Gasteiger partial charge in [-0.3, -0.25) is 0 Å². The van der Waals surface area contributed by atoms with E-state index < -0.39 is 0 Å². The highest BCUT2D eigenvalue weighted by molar-refractivity contribution is 7.98. The van der Waals surface area contributed by atoms with Crippen LogP contribution in [0.4, 0.5) is 5.82 Å². The first kappa shape index (κ1) is 11.7. The summed E-state index contributed by atoms with van der Waals surface area (Å²) in [5, 5.41) is 0.840. The number of aromatic nitrogens is 2. The molecule has 0 amide bonds. The summed E-state index contributed by atoms with van der Waals surface area (Å²) in [7, 11) is 0. The first-order valence-electron chi connectivity index (χ1n) is 5.65. The second kappa shape index (κ2) is 5.50. The monoisotopic (exact) mass is 238 g/mol. The van der Waals surface area contributed by atoms with Crippen molar-refractivity contribution in [2.45, 2.75) is 18.0 Å². The third kappa shape index (κ3) is 2.65. The van der Waals surface area contributed by atoms with Crippen LogP contribution < -0.4 is 10.6 Å². The zero-order valence-corrected chi connectivity index (χ0v) is 10.4. The maximum Gasteiger partial charge on any atom is 0.189 e. The summed E-state index contributed by atoms with van der Waals surface area (Å²) in [6.45, 7) is 2.89. The van der Waals surface area contributed by atoms with Crippen molar-refractivity contribution in [1.82, 2.24) is 9.97 Å². The van der Waals surface area contributed by atoms with Crippen LogP contribution in [0.5, 0.6) is 0 Å². The summed E-state index contributed by atoms with van der Waals surface area (Å²) in [6, 6.07) is 1.98. The Bertz CT molecular complexity index is 345. The Labute approximate surface area is 101 Å². The molecule has 0 unspecified atom stereocenters. The van der Waals surface area contributed by atoms with E-state index in [0.29, 0.717) is 5.92 Å². The average molecular weight is 238 g/mol. The van der Waals surface area contributed by atoms with E-state index in [4.69, 9.17) is 5.73 Å². The average Bonchev–Trinajstić information content (AvgIpc) is 2.39. The largest absolute Gasteiger partial charge is 0.356 e. The lowest BCUT2D eigenvalue weighted by Crippen LogP contribution is -2.38. The van der Waals surface area contributed by atoms with Gasteiger partial charge in [0.2, 0.25) is 0 Å². The lowest BCUT2D eigenvalue weighted by molar-refractivity contribution is 0.421. The van der Waals surface area contributed by atoms with Gasteiger partial charge in [-0.25, -0.2) is 9.97 Å². The van der Waals surface area contributed by atoms with Crippen molar-refractivity contribution in [1.29, 1.82) is 0 Å². The number of nitrogens with zero attached hydrogens (tertiary/aromatic N) is 3. The van der Waals surface area contributed by atoms with E-state index in [-0.39, 0.29) is 0 Å². The van der Waals surface area contributed by atoms with E-state index in [1.165, 1.54) is 12.8 Å². The number of nitrogens with two attached hydrogens (primary N) is 1. The molecule has 0 saturated carbocycles. The van der Waals surface area contributed by atoms with Gasteiger partial charge in [0.1, 0.15) is 5.82 Å². The van der Waals surface area contributed by atoms with Gasteiger partial charge in [0.25, 0.3) is 0 Å². The molecule has 0 aromatic carbocycles. The van der Waals surface area contributed by atoms with E-state index in [0.717, 1.165) is 30.6 Å². The molecule has 2 rings (SSSR count). The molecule has 1 atom stereocenters. The predicted octanol–water partition coefficient (Wildman–Crippen LogP) is 1.37. The molecular formula is C11H18N4S. The first-order chi connectivity index (χ1) is 7.83. The zero-order valence-electron chi connectivity index (χ0n) is 9.59. The molecule has 88 valence electrons. The van der Waals surface area contributed by atoms with Crippen LogP contribution in [0.25, 0.3) is 0 Å². The normalized spacial score (nSPS) is 21.1. The maximum atomic E-state index is 5.74. The van der Waals surface area contributed by atoms with Crippen LogP contribution in [-0.4, -0.2) is 35.9 Å². The molecule has 2 heterocycles. The van der Waals surface area contributed by atoms with Crippen molar-refractivity contribution >= 4 is 17.6 Å². The SMILES string of the molecule is CSc1nccc(N2CCC[C@H](CN)C2)n1. The first-order valence-corrected chi connectivity index (χ1v) is 6.88. The second-order valence-electron chi connectivity index (χ2n) is 4.09. The summed E-state index contributed by atoms with van der Waals surface area (Å²) >= 11 is 1.58. The Balaban J connectivity index is 2.10. The van der Waals surface area contributed by atoms with E-state index in [2.05, 4.69) is 14.9 Å². The van der Waals surface area contributed by atoms with Crippen molar-refractivity contribution in [2.75, 3.05) is 30.8 Å². The van der Waals surface area contributed by atoms with Crippen LogP contribution in [0.2, 0.25) is 0 Å². The highest BCUT2D eigenvalue weighted by atomic mass is 32.2. The van der Waals surface area contributed by atoms with Crippen LogP contribution in [0, 0.1) is 5.92 Å². The van der Waals surface area contributed by atoms with Crippen LogP contribution in [-0.2, 0) is 0 Å². The minimum atomic E-state index is 0.612. The summed E-state index contributed by atoms with van der Waals surface area (Å²) in [5.74, 6) is 1.65. The molecule has 1 aliphatic heterocycles. The van der Waals surface area contributed by atoms with Gasteiger partial charge >= 0.3 is 0 Å². The summed E-state index contributed by atoms with van der Waals surface area (Å²) in [6.07, 6.45) is 6.28. The van der Waals surface area contributed by atoms with Gasteiger partial charge in [0.05, 0.1) is 0 Å². The molecule has 1 aromatic heterocycles. The van der Waals surface area contributed by atoms with Gasteiger partial charge in [0.15, 0.2) is 5.16 Å². The fourth-order valence-electron chi connectivity index (χ4n) is 2.07. The third-order valence-corrected chi connectivity index (χ3v) is 3.54. The number of rotatable bonds is 3. The number of anilines is 1. The zero-order chi connectivity index (χ0) is 11.4. The fourth-order valence-corrected chi connectivity index (χ4v) is 2.42. The minimum absolute atomic E-state index is 0.612. The van der Waals surface area contributed by atoms with Gasteiger partial charge in [-0.2, -0.15) is 0 Å². The Kier molecular flexibility index (Phi) is 4.01. The molecule has 0 spiro atoms. The van der Waals surface area contributed by atoms with E-state index in [9.17, 15) is 0 Å². The smallest absolute Gasteiger partial charge is 0.189 e. The molecule has 1 aromatic rings. The Morgan fingerprint density at radius 1 is 1.62 bits per heavy atom. The van der Waals surface area contributed by atoms with Gasteiger partial charge < -0.3 is 10.6 Å². The number of hydrogen-bond donors (Lipinski definition) is 1. The predicted molar refractivity (Wildman–Crippen MR) is 67.8 cm³/mol. The molecule has 16 heavy (non-hydrogen) atoms. The molecule has 0 aliphatic carbocycles. The lowest BCUT2D eigenvalue weighted by atomic mass is 9.98. The standard InChI is InChI=1S/C11H18N4S/c1-16-11-13-5-4-10(14-11)15-6-2-3-9(7-12)8-15/h4-5,9H,2-3,6-8,12H2,1H3/t9-/m1/s1. The second-order valence-corrected chi connectivity index (χ2v) is 4.86. The summed E-state index contributed by atoms with van der Waals surface area (Å²) in [4.78, 5) is 11.0. The van der Waals surface area contributed by atoms with Crippen LogP contribution >= 0.6 is 11.8 Å². The Morgan fingerprint density at radius 2 is 2.50 bits per heavy atom. The molecule has 1 fully saturated rings. The topological polar surface area (TPSA) is 55.0 Å². The highest BCUT2D eigenvalue weighted by Crippen LogP contribution is 2.21. The molecule has 1 aliphatic rings. The lowest BCUT2D eigenvalue weighted by Gasteiger charge is -2.32. The molecule has 2 N–H and O–H groups in total. The summed E-state index contributed by atoms with van der Waals surface area (Å²) in [5.41, 5.74) is 5.74. The Hall–Kier alpha value is -0.810. The highest BCUT2D eigenvalue weighted by Gasteiger charge is 2.19. The van der Waals surface area contributed by atoms with Crippen molar-refractivity contribution in [3.63, 3.8) is 0 Å².